The van der Waals surface area contributed by atoms with Gasteiger partial charge in [0.15, 0.2) is 5.82 Å². The summed E-state index contributed by atoms with van der Waals surface area (Å²) in [4.78, 5) is 9.26. The van der Waals surface area contributed by atoms with E-state index in [1.165, 1.54) is 0 Å². The van der Waals surface area contributed by atoms with Crippen LogP contribution in [0, 0.1) is 0 Å². The molecule has 0 aliphatic carbocycles. The van der Waals surface area contributed by atoms with Gasteiger partial charge >= 0.3 is 0 Å². The molecule has 1 heterocycles. The van der Waals surface area contributed by atoms with Gasteiger partial charge in [0.25, 0.3) is 0 Å². The van der Waals surface area contributed by atoms with Crippen LogP contribution in [0.15, 0.2) is 27.1 Å². The minimum absolute atomic E-state index is 0.301. The maximum atomic E-state index is 5.25. The lowest BCUT2D eigenvalue weighted by atomic mass is 10.1. The summed E-state index contributed by atoms with van der Waals surface area (Å²) in [5.74, 6) is 2.56. The average Bonchev–Trinajstić information content (AvgIpc) is 2.47. The monoisotopic (exact) mass is 413 g/mol. The van der Waals surface area contributed by atoms with E-state index in [0.717, 1.165) is 31.8 Å². The summed E-state index contributed by atoms with van der Waals surface area (Å²) in [5.41, 5.74) is 1.92. The summed E-state index contributed by atoms with van der Waals surface area (Å²) in [6.45, 7) is 4.22. The van der Waals surface area contributed by atoms with Crippen molar-refractivity contribution in [1.82, 2.24) is 9.97 Å². The second-order valence-electron chi connectivity index (χ2n) is 4.85. The summed E-state index contributed by atoms with van der Waals surface area (Å²) in [6.07, 6.45) is 0. The Labute approximate surface area is 141 Å². The molecule has 0 amide bonds. The Morgan fingerprint density at radius 2 is 1.90 bits per heavy atom. The van der Waals surface area contributed by atoms with E-state index >= 15 is 0 Å². The predicted octanol–water partition coefficient (Wildman–Crippen LogP) is 4.84. The largest absolute Gasteiger partial charge is 0.496 e. The van der Waals surface area contributed by atoms with Crippen LogP contribution >= 0.6 is 31.9 Å². The molecule has 0 aliphatic rings. The summed E-state index contributed by atoms with van der Waals surface area (Å²) < 4.78 is 7.05. The Morgan fingerprint density at radius 1 is 1.19 bits per heavy atom. The van der Waals surface area contributed by atoms with Gasteiger partial charge in [-0.3, -0.25) is 0 Å². The highest BCUT2D eigenvalue weighted by Crippen LogP contribution is 2.33. The van der Waals surface area contributed by atoms with Gasteiger partial charge in [0.1, 0.15) is 11.6 Å². The normalized spacial score (nSPS) is 10.8. The number of nitrogens with zero attached hydrogens (tertiary/aromatic N) is 2. The standard InChI is InChI=1S/C15H17Br2N3O/c1-8(2)13-12(17)15(18-3)20-14(19-13)9-5-6-11(21-4)10(16)7-9/h5-8H,1-4H3,(H,18,19,20). The number of ether oxygens (including phenoxy) is 1. The molecular formula is C15H17Br2N3O. The first-order valence-corrected chi connectivity index (χ1v) is 8.15. The molecule has 1 N–H and O–H groups in total. The number of hydrogen-bond acceptors (Lipinski definition) is 4. The van der Waals surface area contributed by atoms with Gasteiger partial charge in [-0.15, -0.1) is 0 Å². The van der Waals surface area contributed by atoms with Crippen LogP contribution in [-0.2, 0) is 0 Å². The molecule has 0 bridgehead atoms. The Bertz CT molecular complexity index is 660. The van der Waals surface area contributed by atoms with Gasteiger partial charge in [0, 0.05) is 12.6 Å². The third kappa shape index (κ3) is 3.37. The van der Waals surface area contributed by atoms with Crippen LogP contribution in [0.4, 0.5) is 5.82 Å². The minimum atomic E-state index is 0.301. The summed E-state index contributed by atoms with van der Waals surface area (Å²) in [6, 6.07) is 5.82. The quantitative estimate of drug-likeness (QED) is 0.777. The molecule has 0 saturated carbocycles. The van der Waals surface area contributed by atoms with E-state index < -0.39 is 0 Å². The molecule has 4 nitrogen and oxygen atoms in total. The molecule has 0 fully saturated rings. The fourth-order valence-electron chi connectivity index (χ4n) is 1.95. The molecule has 1 aromatic carbocycles. The highest BCUT2D eigenvalue weighted by molar-refractivity contribution is 9.11. The maximum absolute atomic E-state index is 5.25. The molecule has 0 spiro atoms. The van der Waals surface area contributed by atoms with Crippen LogP contribution in [0.25, 0.3) is 11.4 Å². The Balaban J connectivity index is 2.58. The molecule has 1 aromatic heterocycles. The van der Waals surface area contributed by atoms with Gasteiger partial charge in [-0.05, 0) is 56.0 Å². The number of hydrogen-bond donors (Lipinski definition) is 1. The van der Waals surface area contributed by atoms with Crippen LogP contribution in [0.3, 0.4) is 0 Å². The molecule has 0 saturated heterocycles. The van der Waals surface area contributed by atoms with Crippen LogP contribution in [0.5, 0.6) is 5.75 Å². The van der Waals surface area contributed by atoms with Crippen molar-refractivity contribution < 1.29 is 4.74 Å². The van der Waals surface area contributed by atoms with E-state index in [1.807, 2.05) is 25.2 Å². The van der Waals surface area contributed by atoms with Crippen molar-refractivity contribution in [3.05, 3.63) is 32.8 Å². The van der Waals surface area contributed by atoms with E-state index in [0.29, 0.717) is 11.7 Å². The van der Waals surface area contributed by atoms with Crippen molar-refractivity contribution in [3.8, 4) is 17.1 Å². The van der Waals surface area contributed by atoms with Crippen LogP contribution in [0.2, 0.25) is 0 Å². The number of halogens is 2. The van der Waals surface area contributed by atoms with Gasteiger partial charge in [0.05, 0.1) is 21.7 Å². The average molecular weight is 415 g/mol. The summed E-state index contributed by atoms with van der Waals surface area (Å²) in [7, 11) is 3.50. The highest BCUT2D eigenvalue weighted by Gasteiger charge is 2.15. The third-order valence-electron chi connectivity index (χ3n) is 3.07. The van der Waals surface area contributed by atoms with E-state index in [9.17, 15) is 0 Å². The minimum Gasteiger partial charge on any atom is -0.496 e. The van der Waals surface area contributed by atoms with Crippen molar-refractivity contribution in [3.63, 3.8) is 0 Å². The van der Waals surface area contributed by atoms with Crippen molar-refractivity contribution in [2.75, 3.05) is 19.5 Å². The summed E-state index contributed by atoms with van der Waals surface area (Å²) in [5, 5.41) is 3.10. The molecule has 112 valence electrons. The van der Waals surface area contributed by atoms with Crippen LogP contribution in [0.1, 0.15) is 25.5 Å². The van der Waals surface area contributed by atoms with Crippen molar-refractivity contribution in [2.24, 2.45) is 0 Å². The third-order valence-corrected chi connectivity index (χ3v) is 4.47. The molecule has 21 heavy (non-hydrogen) atoms. The van der Waals surface area contributed by atoms with Crippen LogP contribution in [-0.4, -0.2) is 24.1 Å². The second kappa shape index (κ2) is 6.75. The molecule has 0 radical (unpaired) electrons. The lowest BCUT2D eigenvalue weighted by molar-refractivity contribution is 0.412. The second-order valence-corrected chi connectivity index (χ2v) is 6.50. The van der Waals surface area contributed by atoms with Gasteiger partial charge in [-0.2, -0.15) is 0 Å². The smallest absolute Gasteiger partial charge is 0.161 e. The summed E-state index contributed by atoms with van der Waals surface area (Å²) >= 11 is 7.07. The Morgan fingerprint density at radius 3 is 2.43 bits per heavy atom. The van der Waals surface area contributed by atoms with Crippen molar-refractivity contribution in [1.29, 1.82) is 0 Å². The lowest BCUT2D eigenvalue weighted by Crippen LogP contribution is -2.04. The SMILES string of the molecule is CNc1nc(-c2ccc(OC)c(Br)c2)nc(C(C)C)c1Br. The zero-order chi connectivity index (χ0) is 15.6. The van der Waals surface area contributed by atoms with E-state index in [1.54, 1.807) is 7.11 Å². The molecule has 6 heteroatoms. The number of nitrogens with one attached hydrogen (secondary N) is 1. The zero-order valence-electron chi connectivity index (χ0n) is 12.4. The Kier molecular flexibility index (Phi) is 5.22. The molecule has 0 aliphatic heterocycles. The maximum Gasteiger partial charge on any atom is 0.161 e. The predicted molar refractivity (Wildman–Crippen MR) is 93.1 cm³/mol. The first kappa shape index (κ1) is 16.2. The van der Waals surface area contributed by atoms with Gasteiger partial charge < -0.3 is 10.1 Å². The zero-order valence-corrected chi connectivity index (χ0v) is 15.5. The highest BCUT2D eigenvalue weighted by atomic mass is 79.9. The van der Waals surface area contributed by atoms with Crippen molar-refractivity contribution in [2.45, 2.75) is 19.8 Å². The van der Waals surface area contributed by atoms with Gasteiger partial charge in [-0.1, -0.05) is 13.8 Å². The number of rotatable bonds is 4. The van der Waals surface area contributed by atoms with E-state index in [-0.39, 0.29) is 0 Å². The fraction of sp³-hybridized carbons (Fsp3) is 0.333. The van der Waals surface area contributed by atoms with Gasteiger partial charge in [-0.25, -0.2) is 9.97 Å². The lowest BCUT2D eigenvalue weighted by Gasteiger charge is -2.14. The fourth-order valence-corrected chi connectivity index (χ4v) is 3.32. The Hall–Kier alpha value is -1.14. The number of methoxy groups -OCH3 is 1. The first-order chi connectivity index (χ1) is 9.97. The molecular weight excluding hydrogens is 398 g/mol. The number of anilines is 1. The van der Waals surface area contributed by atoms with Crippen molar-refractivity contribution >= 4 is 37.7 Å². The van der Waals surface area contributed by atoms with Gasteiger partial charge in [0.2, 0.25) is 0 Å². The molecule has 0 unspecified atom stereocenters. The number of benzene rings is 1. The molecule has 2 rings (SSSR count). The molecule has 0 atom stereocenters. The van der Waals surface area contributed by atoms with E-state index in [2.05, 4.69) is 61.0 Å². The van der Waals surface area contributed by atoms with E-state index in [4.69, 9.17) is 4.74 Å². The van der Waals surface area contributed by atoms with Crippen LogP contribution < -0.4 is 10.1 Å². The number of aromatic nitrogens is 2. The molecule has 2 aromatic rings. The topological polar surface area (TPSA) is 47.0 Å². The first-order valence-electron chi connectivity index (χ1n) is 6.57.